The molecular formula is C25H25FN2O2. The van der Waals surface area contributed by atoms with Crippen LogP contribution < -0.4 is 0 Å². The van der Waals surface area contributed by atoms with Gasteiger partial charge < -0.3 is 0 Å². The molecule has 0 radical (unpaired) electrons. The summed E-state index contributed by atoms with van der Waals surface area (Å²) in [7, 11) is 0. The van der Waals surface area contributed by atoms with Crippen molar-refractivity contribution in [2.45, 2.75) is 38.5 Å². The highest BCUT2D eigenvalue weighted by Gasteiger charge is 2.28. The van der Waals surface area contributed by atoms with Gasteiger partial charge in [0.1, 0.15) is 17.3 Å². The van der Waals surface area contributed by atoms with Gasteiger partial charge in [-0.3, -0.25) is 9.59 Å². The van der Waals surface area contributed by atoms with E-state index in [1.165, 1.54) is 10.7 Å². The number of carbonyl (C=O) groups is 2. The predicted octanol–water partition coefficient (Wildman–Crippen LogP) is 5.20. The highest BCUT2D eigenvalue weighted by Crippen LogP contribution is 2.32. The fourth-order valence-corrected chi connectivity index (χ4v) is 4.24. The van der Waals surface area contributed by atoms with Gasteiger partial charge in [0.25, 0.3) is 0 Å². The van der Waals surface area contributed by atoms with Crippen molar-refractivity contribution in [3.05, 3.63) is 83.9 Å². The van der Waals surface area contributed by atoms with Crippen molar-refractivity contribution in [1.82, 2.24) is 9.78 Å². The van der Waals surface area contributed by atoms with Crippen molar-refractivity contribution in [1.29, 1.82) is 0 Å². The number of ketones is 2. The molecule has 1 aliphatic rings. The Labute approximate surface area is 175 Å². The molecule has 1 saturated carbocycles. The van der Waals surface area contributed by atoms with Crippen LogP contribution in [0.25, 0.3) is 5.69 Å². The van der Waals surface area contributed by atoms with Crippen LogP contribution in [0.15, 0.2) is 66.9 Å². The summed E-state index contributed by atoms with van der Waals surface area (Å²) in [4.78, 5) is 25.1. The monoisotopic (exact) mass is 404 g/mol. The Morgan fingerprint density at radius 2 is 1.63 bits per heavy atom. The molecule has 0 spiro atoms. The van der Waals surface area contributed by atoms with Gasteiger partial charge in [-0.15, -0.1) is 0 Å². The summed E-state index contributed by atoms with van der Waals surface area (Å²) in [5, 5.41) is 4.38. The minimum Gasteiger partial charge on any atom is -0.299 e. The third-order valence-electron chi connectivity index (χ3n) is 5.97. The van der Waals surface area contributed by atoms with Crippen LogP contribution in [0.1, 0.15) is 48.2 Å². The molecule has 1 aliphatic carbocycles. The Balaban J connectivity index is 1.29. The first kappa shape index (κ1) is 20.2. The van der Waals surface area contributed by atoms with Crippen LogP contribution in [-0.4, -0.2) is 21.3 Å². The maximum Gasteiger partial charge on any atom is 0.163 e. The lowest BCUT2D eigenvalue weighted by molar-refractivity contribution is -0.123. The fraction of sp³-hybridized carbons (Fsp3) is 0.320. The van der Waals surface area contributed by atoms with E-state index in [1.54, 1.807) is 30.5 Å². The van der Waals surface area contributed by atoms with E-state index in [1.807, 2.05) is 30.3 Å². The van der Waals surface area contributed by atoms with Gasteiger partial charge >= 0.3 is 0 Å². The van der Waals surface area contributed by atoms with Gasteiger partial charge in [-0.1, -0.05) is 42.5 Å². The van der Waals surface area contributed by atoms with Gasteiger partial charge in [0.2, 0.25) is 0 Å². The number of nitrogens with zero attached hydrogens (tertiary/aromatic N) is 2. The SMILES string of the molecule is O=C(CC1CCC(C(=O)Cc2ccn(-c3ccccc3F)n2)CC1)c1ccccc1. The molecule has 1 fully saturated rings. The fourth-order valence-electron chi connectivity index (χ4n) is 4.24. The Kier molecular flexibility index (Phi) is 6.17. The third-order valence-corrected chi connectivity index (χ3v) is 5.97. The van der Waals surface area contributed by atoms with Gasteiger partial charge in [-0.25, -0.2) is 9.07 Å². The zero-order chi connectivity index (χ0) is 20.9. The van der Waals surface area contributed by atoms with E-state index >= 15 is 0 Å². The molecule has 0 amide bonds. The summed E-state index contributed by atoms with van der Waals surface area (Å²) in [6, 6.07) is 17.6. The molecule has 4 rings (SSSR count). The number of halogens is 1. The summed E-state index contributed by atoms with van der Waals surface area (Å²) >= 11 is 0. The third kappa shape index (κ3) is 4.73. The van der Waals surface area contributed by atoms with Crippen molar-refractivity contribution in [2.24, 2.45) is 11.8 Å². The minimum atomic E-state index is -0.346. The van der Waals surface area contributed by atoms with Crippen LogP contribution >= 0.6 is 0 Å². The van der Waals surface area contributed by atoms with Crippen LogP contribution in [0.4, 0.5) is 4.39 Å². The Morgan fingerprint density at radius 1 is 0.933 bits per heavy atom. The Hall–Kier alpha value is -3.08. The molecule has 2 aromatic carbocycles. The molecule has 154 valence electrons. The Morgan fingerprint density at radius 3 is 2.37 bits per heavy atom. The average Bonchev–Trinajstić information content (AvgIpc) is 3.23. The summed E-state index contributed by atoms with van der Waals surface area (Å²) in [5.41, 5.74) is 1.80. The van der Waals surface area contributed by atoms with E-state index in [2.05, 4.69) is 5.10 Å². The zero-order valence-electron chi connectivity index (χ0n) is 16.8. The van der Waals surface area contributed by atoms with Crippen molar-refractivity contribution in [3.63, 3.8) is 0 Å². The number of para-hydroxylation sites is 1. The molecular weight excluding hydrogens is 379 g/mol. The zero-order valence-corrected chi connectivity index (χ0v) is 16.8. The second kappa shape index (κ2) is 9.16. The van der Waals surface area contributed by atoms with E-state index in [4.69, 9.17) is 0 Å². The van der Waals surface area contributed by atoms with Crippen LogP contribution in [0, 0.1) is 17.7 Å². The lowest BCUT2D eigenvalue weighted by atomic mass is 9.77. The van der Waals surface area contributed by atoms with E-state index < -0.39 is 0 Å². The lowest BCUT2D eigenvalue weighted by Gasteiger charge is -2.27. The number of hydrogen-bond acceptors (Lipinski definition) is 3. The number of carbonyl (C=O) groups excluding carboxylic acids is 2. The molecule has 0 bridgehead atoms. The number of benzene rings is 2. The molecule has 1 heterocycles. The maximum atomic E-state index is 13.9. The van der Waals surface area contributed by atoms with Crippen molar-refractivity contribution in [2.75, 3.05) is 0 Å². The highest BCUT2D eigenvalue weighted by molar-refractivity contribution is 5.96. The largest absolute Gasteiger partial charge is 0.299 e. The lowest BCUT2D eigenvalue weighted by Crippen LogP contribution is -2.24. The second-order valence-corrected chi connectivity index (χ2v) is 8.06. The second-order valence-electron chi connectivity index (χ2n) is 8.06. The van der Waals surface area contributed by atoms with Crippen LogP contribution in [-0.2, 0) is 11.2 Å². The highest BCUT2D eigenvalue weighted by atomic mass is 19.1. The molecule has 5 heteroatoms. The van der Waals surface area contributed by atoms with E-state index in [0.717, 1.165) is 31.2 Å². The minimum absolute atomic E-state index is 0.0201. The van der Waals surface area contributed by atoms with E-state index in [-0.39, 0.29) is 29.7 Å². The van der Waals surface area contributed by atoms with Crippen molar-refractivity contribution >= 4 is 11.6 Å². The van der Waals surface area contributed by atoms with Crippen LogP contribution in [0.3, 0.4) is 0 Å². The molecule has 30 heavy (non-hydrogen) atoms. The topological polar surface area (TPSA) is 52.0 Å². The number of aromatic nitrogens is 2. The van der Waals surface area contributed by atoms with Crippen LogP contribution in [0.2, 0.25) is 0 Å². The molecule has 0 N–H and O–H groups in total. The molecule has 0 atom stereocenters. The normalized spacial score (nSPS) is 18.8. The molecule has 1 aromatic heterocycles. The molecule has 0 unspecified atom stereocenters. The average molecular weight is 404 g/mol. The smallest absolute Gasteiger partial charge is 0.163 e. The van der Waals surface area contributed by atoms with Crippen molar-refractivity contribution in [3.8, 4) is 5.69 Å². The standard InChI is InChI=1S/C25H25FN2O2/c26-22-8-4-5-9-23(22)28-15-14-21(27-28)17-25(30)20-12-10-18(11-13-20)16-24(29)19-6-2-1-3-7-19/h1-9,14-15,18,20H,10-13,16-17H2. The van der Waals surface area contributed by atoms with Gasteiger partial charge in [0.05, 0.1) is 12.1 Å². The predicted molar refractivity (Wildman–Crippen MR) is 113 cm³/mol. The summed E-state index contributed by atoms with van der Waals surface area (Å²) < 4.78 is 15.4. The molecule has 3 aromatic rings. The summed E-state index contributed by atoms with van der Waals surface area (Å²) in [5.74, 6) is 0.390. The van der Waals surface area contributed by atoms with E-state index in [9.17, 15) is 14.0 Å². The first-order valence-electron chi connectivity index (χ1n) is 10.5. The van der Waals surface area contributed by atoms with Gasteiger partial charge in [-0.2, -0.15) is 5.10 Å². The summed E-state index contributed by atoms with van der Waals surface area (Å²) in [6.07, 6.45) is 5.95. The number of Topliss-reactive ketones (excluding diaryl/α,β-unsaturated/α-hetero) is 2. The Bertz CT molecular complexity index is 1020. The van der Waals surface area contributed by atoms with Crippen molar-refractivity contribution < 1.29 is 14.0 Å². The van der Waals surface area contributed by atoms with Gasteiger partial charge in [-0.05, 0) is 49.8 Å². The first-order chi connectivity index (χ1) is 14.6. The number of rotatable bonds is 7. The maximum absolute atomic E-state index is 13.9. The number of hydrogen-bond donors (Lipinski definition) is 0. The van der Waals surface area contributed by atoms with E-state index in [0.29, 0.717) is 23.7 Å². The molecule has 0 aliphatic heterocycles. The summed E-state index contributed by atoms with van der Waals surface area (Å²) in [6.45, 7) is 0. The van der Waals surface area contributed by atoms with Crippen LogP contribution in [0.5, 0.6) is 0 Å². The first-order valence-corrected chi connectivity index (χ1v) is 10.5. The molecule has 4 nitrogen and oxygen atoms in total. The van der Waals surface area contributed by atoms with Gasteiger partial charge in [0.15, 0.2) is 5.78 Å². The quantitative estimate of drug-likeness (QED) is 0.509. The molecule has 0 saturated heterocycles. The van der Waals surface area contributed by atoms with Gasteiger partial charge in [0, 0.05) is 24.1 Å².